The number of aliphatic hydroxyl groups is 1. The van der Waals surface area contributed by atoms with E-state index in [-0.39, 0.29) is 6.10 Å². The van der Waals surface area contributed by atoms with Crippen molar-refractivity contribution in [3.05, 3.63) is 0 Å². The molecule has 0 bridgehead atoms. The monoisotopic (exact) mass is 245 g/mol. The lowest BCUT2D eigenvalue weighted by Gasteiger charge is -2.35. The van der Waals surface area contributed by atoms with E-state index in [4.69, 9.17) is 0 Å². The smallest absolute Gasteiger partial charge is 0.0695 e. The molecule has 1 saturated carbocycles. The van der Waals surface area contributed by atoms with E-state index in [0.717, 1.165) is 6.42 Å². The molecule has 0 spiro atoms. The van der Waals surface area contributed by atoms with Crippen LogP contribution in [0.4, 0.5) is 0 Å². The standard InChI is InChI=1S/C13H27NOS/c1-11(9-10-16-3)14(2)12-7-5-4-6-8-13(12)15/h11-13,15H,4-10H2,1-3H3. The summed E-state index contributed by atoms with van der Waals surface area (Å²) in [5, 5.41) is 10.1. The Hall–Kier alpha value is 0.270. The van der Waals surface area contributed by atoms with Gasteiger partial charge in [0.2, 0.25) is 0 Å². The Bertz CT molecular complexity index is 189. The molecule has 0 saturated heterocycles. The topological polar surface area (TPSA) is 23.5 Å². The van der Waals surface area contributed by atoms with Crippen molar-refractivity contribution in [1.29, 1.82) is 0 Å². The van der Waals surface area contributed by atoms with Crippen molar-refractivity contribution >= 4 is 11.8 Å². The fourth-order valence-corrected chi connectivity index (χ4v) is 3.14. The minimum Gasteiger partial charge on any atom is -0.391 e. The van der Waals surface area contributed by atoms with Gasteiger partial charge in [0.25, 0.3) is 0 Å². The van der Waals surface area contributed by atoms with Gasteiger partial charge in [0.15, 0.2) is 0 Å². The summed E-state index contributed by atoms with van der Waals surface area (Å²) in [6.07, 6.45) is 9.20. The molecule has 0 aromatic heterocycles. The summed E-state index contributed by atoms with van der Waals surface area (Å²) in [5.41, 5.74) is 0. The molecule has 16 heavy (non-hydrogen) atoms. The first-order chi connectivity index (χ1) is 7.66. The summed E-state index contributed by atoms with van der Waals surface area (Å²) in [7, 11) is 2.18. The van der Waals surface area contributed by atoms with Crippen LogP contribution in [0.1, 0.15) is 45.4 Å². The van der Waals surface area contributed by atoms with Crippen LogP contribution in [0.2, 0.25) is 0 Å². The zero-order valence-electron chi connectivity index (χ0n) is 11.0. The molecule has 3 heteroatoms. The van der Waals surface area contributed by atoms with Crippen LogP contribution >= 0.6 is 11.8 Å². The average Bonchev–Trinajstić information content (AvgIpc) is 2.49. The molecule has 0 amide bonds. The summed E-state index contributed by atoms with van der Waals surface area (Å²) in [5.74, 6) is 1.22. The highest BCUT2D eigenvalue weighted by molar-refractivity contribution is 7.98. The van der Waals surface area contributed by atoms with Crippen molar-refractivity contribution in [2.24, 2.45) is 0 Å². The van der Waals surface area contributed by atoms with Gasteiger partial charge < -0.3 is 5.11 Å². The van der Waals surface area contributed by atoms with Crippen LogP contribution in [-0.2, 0) is 0 Å². The van der Waals surface area contributed by atoms with Crippen molar-refractivity contribution < 1.29 is 5.11 Å². The van der Waals surface area contributed by atoms with E-state index < -0.39 is 0 Å². The highest BCUT2D eigenvalue weighted by Gasteiger charge is 2.27. The van der Waals surface area contributed by atoms with Crippen molar-refractivity contribution in [3.8, 4) is 0 Å². The highest BCUT2D eigenvalue weighted by atomic mass is 32.2. The fourth-order valence-electron chi connectivity index (χ4n) is 2.56. The van der Waals surface area contributed by atoms with Gasteiger partial charge >= 0.3 is 0 Å². The largest absolute Gasteiger partial charge is 0.391 e. The van der Waals surface area contributed by atoms with Gasteiger partial charge in [-0.05, 0) is 45.2 Å². The van der Waals surface area contributed by atoms with E-state index in [1.807, 2.05) is 11.8 Å². The third-order valence-electron chi connectivity index (χ3n) is 3.90. The van der Waals surface area contributed by atoms with E-state index >= 15 is 0 Å². The second-order valence-electron chi connectivity index (χ2n) is 5.07. The second kappa shape index (κ2) is 7.57. The molecule has 3 unspecified atom stereocenters. The Balaban J connectivity index is 2.45. The highest BCUT2D eigenvalue weighted by Crippen LogP contribution is 2.23. The number of rotatable bonds is 5. The molecule has 1 aliphatic rings. The van der Waals surface area contributed by atoms with Crippen molar-refractivity contribution in [3.63, 3.8) is 0 Å². The molecular formula is C13H27NOS. The van der Waals surface area contributed by atoms with Gasteiger partial charge in [-0.25, -0.2) is 0 Å². The molecule has 3 atom stereocenters. The van der Waals surface area contributed by atoms with Crippen molar-refractivity contribution in [1.82, 2.24) is 4.90 Å². The summed E-state index contributed by atoms with van der Waals surface area (Å²) in [6, 6.07) is 0.976. The van der Waals surface area contributed by atoms with Crippen LogP contribution in [0.5, 0.6) is 0 Å². The molecule has 2 nitrogen and oxygen atoms in total. The predicted molar refractivity (Wildman–Crippen MR) is 73.1 cm³/mol. The maximum atomic E-state index is 10.1. The number of thioether (sulfide) groups is 1. The lowest BCUT2D eigenvalue weighted by molar-refractivity contribution is 0.0390. The quantitative estimate of drug-likeness (QED) is 0.753. The van der Waals surface area contributed by atoms with Crippen LogP contribution in [-0.4, -0.2) is 47.3 Å². The molecule has 0 radical (unpaired) electrons. The zero-order chi connectivity index (χ0) is 12.0. The first-order valence-corrected chi connectivity index (χ1v) is 7.95. The van der Waals surface area contributed by atoms with Gasteiger partial charge in [-0.2, -0.15) is 11.8 Å². The van der Waals surface area contributed by atoms with Crippen LogP contribution in [0, 0.1) is 0 Å². The van der Waals surface area contributed by atoms with E-state index in [9.17, 15) is 5.11 Å². The van der Waals surface area contributed by atoms with E-state index in [2.05, 4.69) is 25.1 Å². The van der Waals surface area contributed by atoms with Crippen molar-refractivity contribution in [2.45, 2.75) is 63.6 Å². The molecule has 0 heterocycles. The summed E-state index contributed by atoms with van der Waals surface area (Å²) < 4.78 is 0. The normalized spacial score (nSPS) is 29.1. The van der Waals surface area contributed by atoms with E-state index in [1.165, 1.54) is 37.9 Å². The minimum atomic E-state index is -0.107. The molecule has 1 rings (SSSR count). The summed E-state index contributed by atoms with van der Waals surface area (Å²) in [6.45, 7) is 2.29. The van der Waals surface area contributed by atoms with Gasteiger partial charge in [-0.15, -0.1) is 0 Å². The maximum Gasteiger partial charge on any atom is 0.0695 e. The molecule has 96 valence electrons. The van der Waals surface area contributed by atoms with Gasteiger partial charge in [0.05, 0.1) is 6.10 Å². The number of aliphatic hydroxyl groups excluding tert-OH is 1. The number of hydrogen-bond donors (Lipinski definition) is 1. The van der Waals surface area contributed by atoms with E-state index in [0.29, 0.717) is 12.1 Å². The molecule has 1 N–H and O–H groups in total. The molecule has 0 aliphatic heterocycles. The third kappa shape index (κ3) is 4.27. The predicted octanol–water partition coefficient (Wildman–Crippen LogP) is 2.75. The number of likely N-dealkylation sites (N-methyl/N-ethyl adjacent to an activating group) is 1. The van der Waals surface area contributed by atoms with Crippen LogP contribution in [0.25, 0.3) is 0 Å². The SMILES string of the molecule is CSCCC(C)N(C)C1CCCCCC1O. The first kappa shape index (κ1) is 14.3. The van der Waals surface area contributed by atoms with Gasteiger partial charge in [0, 0.05) is 12.1 Å². The van der Waals surface area contributed by atoms with Gasteiger partial charge in [0.1, 0.15) is 0 Å². The Morgan fingerprint density at radius 2 is 2.00 bits per heavy atom. The van der Waals surface area contributed by atoms with Crippen molar-refractivity contribution in [2.75, 3.05) is 19.1 Å². The zero-order valence-corrected chi connectivity index (χ0v) is 11.8. The minimum absolute atomic E-state index is 0.107. The molecule has 0 aromatic carbocycles. The third-order valence-corrected chi connectivity index (χ3v) is 4.55. The van der Waals surface area contributed by atoms with Gasteiger partial charge in [-0.1, -0.05) is 19.3 Å². The Kier molecular flexibility index (Phi) is 6.78. The maximum absolute atomic E-state index is 10.1. The molecule has 1 fully saturated rings. The fraction of sp³-hybridized carbons (Fsp3) is 1.00. The number of nitrogens with zero attached hydrogens (tertiary/aromatic N) is 1. The second-order valence-corrected chi connectivity index (χ2v) is 6.05. The Morgan fingerprint density at radius 3 is 2.69 bits per heavy atom. The van der Waals surface area contributed by atoms with Crippen LogP contribution in [0.15, 0.2) is 0 Å². The molecule has 0 aromatic rings. The lowest BCUT2D eigenvalue weighted by atomic mass is 10.0. The number of hydrogen-bond acceptors (Lipinski definition) is 3. The Morgan fingerprint density at radius 1 is 1.31 bits per heavy atom. The van der Waals surface area contributed by atoms with Gasteiger partial charge in [-0.3, -0.25) is 4.90 Å². The first-order valence-electron chi connectivity index (χ1n) is 6.55. The molecular weight excluding hydrogens is 218 g/mol. The Labute approximate surface area is 105 Å². The van der Waals surface area contributed by atoms with Crippen LogP contribution in [0.3, 0.4) is 0 Å². The lowest BCUT2D eigenvalue weighted by Crippen LogP contribution is -2.45. The summed E-state index contributed by atoms with van der Waals surface area (Å²) >= 11 is 1.91. The average molecular weight is 245 g/mol. The van der Waals surface area contributed by atoms with Crippen LogP contribution < -0.4 is 0 Å². The summed E-state index contributed by atoms with van der Waals surface area (Å²) in [4.78, 5) is 2.41. The molecule has 1 aliphatic carbocycles. The van der Waals surface area contributed by atoms with E-state index in [1.54, 1.807) is 0 Å².